The Hall–Kier alpha value is -0.120. The zero-order valence-corrected chi connectivity index (χ0v) is 7.76. The van der Waals surface area contributed by atoms with Gasteiger partial charge in [0.15, 0.2) is 0 Å². The van der Waals surface area contributed by atoms with Crippen molar-refractivity contribution in [3.05, 3.63) is 0 Å². The molecule has 3 nitrogen and oxygen atoms in total. The van der Waals surface area contributed by atoms with Crippen molar-refractivity contribution in [2.75, 3.05) is 19.6 Å². The van der Waals surface area contributed by atoms with Crippen molar-refractivity contribution in [3.63, 3.8) is 0 Å². The molecule has 4 heteroatoms. The fourth-order valence-electron chi connectivity index (χ4n) is 1.39. The van der Waals surface area contributed by atoms with Crippen LogP contribution in [0.5, 0.6) is 0 Å². The maximum atomic E-state index is 10.4. The van der Waals surface area contributed by atoms with Gasteiger partial charge in [0.25, 0.3) is 0 Å². The Morgan fingerprint density at radius 1 is 1.50 bits per heavy atom. The van der Waals surface area contributed by atoms with Gasteiger partial charge in [0, 0.05) is 26.1 Å². The van der Waals surface area contributed by atoms with E-state index in [-0.39, 0.29) is 11.3 Å². The van der Waals surface area contributed by atoms with Crippen molar-refractivity contribution in [2.45, 2.75) is 25.4 Å². The van der Waals surface area contributed by atoms with Crippen LogP contribution in [-0.2, 0) is 4.79 Å². The summed E-state index contributed by atoms with van der Waals surface area (Å²) in [6, 6.07) is 0. The van der Waals surface area contributed by atoms with Crippen LogP contribution in [-0.4, -0.2) is 41.0 Å². The number of hydrogen-bond acceptors (Lipinski definition) is 3. The van der Waals surface area contributed by atoms with E-state index < -0.39 is 0 Å². The number of hydrogen-bond donors (Lipinski definition) is 1. The maximum absolute atomic E-state index is 10.4. The summed E-state index contributed by atoms with van der Waals surface area (Å²) >= 11 is 5.21. The molecule has 0 aromatic carbocycles. The number of halogens is 1. The third kappa shape index (κ3) is 3.52. The molecule has 0 amide bonds. The molecule has 1 rings (SSSR count). The van der Waals surface area contributed by atoms with Crippen molar-refractivity contribution in [1.29, 1.82) is 0 Å². The van der Waals surface area contributed by atoms with Gasteiger partial charge in [-0.15, -0.1) is 0 Å². The lowest BCUT2D eigenvalue weighted by Crippen LogP contribution is -2.36. The first-order valence-electron chi connectivity index (χ1n) is 4.27. The quantitative estimate of drug-likeness (QED) is 0.665. The molecule has 1 N–H and O–H groups in total. The molecule has 12 heavy (non-hydrogen) atoms. The average Bonchev–Trinajstić information content (AvgIpc) is 2.03. The van der Waals surface area contributed by atoms with E-state index in [0.29, 0.717) is 6.42 Å². The molecule has 1 aliphatic heterocycles. The van der Waals surface area contributed by atoms with Gasteiger partial charge < -0.3 is 10.0 Å². The Balaban J connectivity index is 2.13. The smallest absolute Gasteiger partial charge is 0.222 e. The lowest BCUT2D eigenvalue weighted by atomic mass is 10.1. The summed E-state index contributed by atoms with van der Waals surface area (Å²) in [7, 11) is 0. The van der Waals surface area contributed by atoms with Crippen LogP contribution in [0.3, 0.4) is 0 Å². The highest BCUT2D eigenvalue weighted by molar-refractivity contribution is 6.63. The highest BCUT2D eigenvalue weighted by Gasteiger charge is 2.16. The fourth-order valence-corrected chi connectivity index (χ4v) is 1.47. The zero-order chi connectivity index (χ0) is 8.97. The molecular formula is C8H14ClNO2. The number of likely N-dealkylation sites (tertiary alicyclic amines) is 1. The van der Waals surface area contributed by atoms with Gasteiger partial charge in [0.1, 0.15) is 0 Å². The molecule has 0 unspecified atom stereocenters. The van der Waals surface area contributed by atoms with E-state index in [9.17, 15) is 9.90 Å². The first-order chi connectivity index (χ1) is 5.68. The van der Waals surface area contributed by atoms with Crippen molar-refractivity contribution >= 4 is 16.8 Å². The van der Waals surface area contributed by atoms with Crippen LogP contribution in [0.2, 0.25) is 0 Å². The summed E-state index contributed by atoms with van der Waals surface area (Å²) in [5, 5.41) is 8.91. The largest absolute Gasteiger partial charge is 0.393 e. The van der Waals surface area contributed by atoms with Crippen LogP contribution in [0.1, 0.15) is 19.3 Å². The predicted octanol–water partition coefficient (Wildman–Crippen LogP) is 0.599. The van der Waals surface area contributed by atoms with Gasteiger partial charge >= 0.3 is 0 Å². The lowest BCUT2D eigenvalue weighted by Gasteiger charge is -2.28. The number of aliphatic hydroxyl groups is 1. The molecule has 0 saturated carbocycles. The molecule has 0 bridgehead atoms. The highest BCUT2D eigenvalue weighted by Crippen LogP contribution is 2.10. The van der Waals surface area contributed by atoms with Crippen molar-refractivity contribution in [1.82, 2.24) is 4.90 Å². The summed E-state index contributed by atoms with van der Waals surface area (Å²) in [6.07, 6.45) is 1.90. The van der Waals surface area contributed by atoms with Crippen LogP contribution in [0.4, 0.5) is 0 Å². The monoisotopic (exact) mass is 191 g/mol. The summed E-state index contributed by atoms with van der Waals surface area (Å²) in [6.45, 7) is 2.49. The first-order valence-corrected chi connectivity index (χ1v) is 4.65. The van der Waals surface area contributed by atoms with Gasteiger partial charge in [0.2, 0.25) is 5.24 Å². The van der Waals surface area contributed by atoms with Crippen molar-refractivity contribution in [3.8, 4) is 0 Å². The van der Waals surface area contributed by atoms with Gasteiger partial charge in [-0.3, -0.25) is 4.79 Å². The minimum absolute atomic E-state index is 0.145. The topological polar surface area (TPSA) is 40.5 Å². The number of carbonyl (C=O) groups excluding carboxylic acids is 1. The highest BCUT2D eigenvalue weighted by atomic mass is 35.5. The van der Waals surface area contributed by atoms with E-state index in [4.69, 9.17) is 11.6 Å². The van der Waals surface area contributed by atoms with Crippen molar-refractivity contribution in [2.24, 2.45) is 0 Å². The molecule has 1 heterocycles. The number of aliphatic hydroxyl groups excluding tert-OH is 1. The van der Waals surface area contributed by atoms with Crippen molar-refractivity contribution < 1.29 is 9.90 Å². The summed E-state index contributed by atoms with van der Waals surface area (Å²) < 4.78 is 0. The standard InChI is InChI=1S/C8H14ClNO2/c9-8(12)3-6-10-4-1-7(11)2-5-10/h7,11H,1-6H2. The van der Waals surface area contributed by atoms with Crippen LogP contribution in [0.25, 0.3) is 0 Å². The molecular weight excluding hydrogens is 178 g/mol. The SMILES string of the molecule is O=C(Cl)CCN1CCC(O)CC1. The Labute approximate surface area is 77.3 Å². The van der Waals surface area contributed by atoms with Crippen LogP contribution < -0.4 is 0 Å². The van der Waals surface area contributed by atoms with E-state index in [0.717, 1.165) is 32.5 Å². The van der Waals surface area contributed by atoms with Gasteiger partial charge in [-0.25, -0.2) is 0 Å². The Morgan fingerprint density at radius 2 is 2.08 bits per heavy atom. The fraction of sp³-hybridized carbons (Fsp3) is 0.875. The second kappa shape index (κ2) is 4.80. The minimum Gasteiger partial charge on any atom is -0.393 e. The predicted molar refractivity (Wildman–Crippen MR) is 47.2 cm³/mol. The van der Waals surface area contributed by atoms with E-state index in [1.807, 2.05) is 0 Å². The minimum atomic E-state index is -0.277. The average molecular weight is 192 g/mol. The molecule has 0 radical (unpaired) electrons. The van der Waals surface area contributed by atoms with E-state index >= 15 is 0 Å². The maximum Gasteiger partial charge on any atom is 0.222 e. The molecule has 0 spiro atoms. The van der Waals surface area contributed by atoms with E-state index in [1.165, 1.54) is 0 Å². The van der Waals surface area contributed by atoms with Gasteiger partial charge in [-0.05, 0) is 24.4 Å². The Kier molecular flexibility index (Phi) is 3.98. The normalized spacial score (nSPS) is 21.2. The zero-order valence-electron chi connectivity index (χ0n) is 7.00. The molecule has 1 aliphatic rings. The number of nitrogens with zero attached hydrogens (tertiary/aromatic N) is 1. The van der Waals surface area contributed by atoms with Crippen LogP contribution >= 0.6 is 11.6 Å². The van der Waals surface area contributed by atoms with Gasteiger partial charge in [-0.2, -0.15) is 0 Å². The molecule has 1 fully saturated rings. The Bertz CT molecular complexity index is 155. The van der Waals surface area contributed by atoms with Gasteiger partial charge in [-0.1, -0.05) is 0 Å². The summed E-state index contributed by atoms with van der Waals surface area (Å²) in [5.74, 6) is 0. The summed E-state index contributed by atoms with van der Waals surface area (Å²) in [5.41, 5.74) is 0. The number of piperidine rings is 1. The third-order valence-electron chi connectivity index (χ3n) is 2.18. The second-order valence-corrected chi connectivity index (χ2v) is 3.60. The third-order valence-corrected chi connectivity index (χ3v) is 2.37. The summed E-state index contributed by atoms with van der Waals surface area (Å²) in [4.78, 5) is 12.6. The number of carbonyl (C=O) groups is 1. The molecule has 0 aromatic rings. The molecule has 0 aliphatic carbocycles. The Morgan fingerprint density at radius 3 is 2.58 bits per heavy atom. The van der Waals surface area contributed by atoms with E-state index in [2.05, 4.69) is 4.90 Å². The molecule has 1 saturated heterocycles. The van der Waals surface area contributed by atoms with E-state index in [1.54, 1.807) is 0 Å². The first kappa shape index (κ1) is 9.96. The van der Waals surface area contributed by atoms with Gasteiger partial charge in [0.05, 0.1) is 6.10 Å². The number of rotatable bonds is 3. The molecule has 70 valence electrons. The lowest BCUT2D eigenvalue weighted by molar-refractivity contribution is -0.112. The van der Waals surface area contributed by atoms with Crippen LogP contribution in [0, 0.1) is 0 Å². The molecule has 0 atom stereocenters. The van der Waals surface area contributed by atoms with Crippen LogP contribution in [0.15, 0.2) is 0 Å². The molecule has 0 aromatic heterocycles. The second-order valence-electron chi connectivity index (χ2n) is 3.18.